The molecule has 182 valence electrons. The molecule has 33 heavy (non-hydrogen) atoms. The number of amides is 1. The van der Waals surface area contributed by atoms with Crippen LogP contribution in [-0.2, 0) is 6.42 Å². The molecule has 0 aromatic heterocycles. The van der Waals surface area contributed by atoms with Crippen molar-refractivity contribution in [2.75, 3.05) is 13.2 Å². The predicted molar refractivity (Wildman–Crippen MR) is 141 cm³/mol. The van der Waals surface area contributed by atoms with E-state index in [4.69, 9.17) is 22.1 Å². The van der Waals surface area contributed by atoms with E-state index in [1.807, 2.05) is 18.2 Å². The van der Waals surface area contributed by atoms with Gasteiger partial charge in [0, 0.05) is 16.1 Å². The van der Waals surface area contributed by atoms with Gasteiger partial charge in [-0.2, -0.15) is 0 Å². The summed E-state index contributed by atoms with van der Waals surface area (Å²) in [6.45, 7) is 2.29. The minimum absolute atomic E-state index is 0.104. The molecule has 2 aromatic rings. The number of hydrogen-bond acceptors (Lipinski definition) is 3. The fourth-order valence-electron chi connectivity index (χ4n) is 4.08. The Bertz CT molecular complexity index is 888. The van der Waals surface area contributed by atoms with Gasteiger partial charge in [0.05, 0.1) is 11.1 Å². The van der Waals surface area contributed by atoms with Crippen LogP contribution < -0.4 is 10.5 Å². The van der Waals surface area contributed by atoms with Crippen LogP contribution in [-0.4, -0.2) is 24.2 Å². The van der Waals surface area contributed by atoms with Crippen molar-refractivity contribution in [2.24, 2.45) is 5.73 Å². The van der Waals surface area contributed by atoms with Gasteiger partial charge in [0.15, 0.2) is 0 Å². The highest BCUT2D eigenvalue weighted by Gasteiger charge is 2.21. The first-order chi connectivity index (χ1) is 16.0. The molecule has 0 heterocycles. The van der Waals surface area contributed by atoms with Gasteiger partial charge in [0.1, 0.15) is 12.4 Å². The van der Waals surface area contributed by atoms with Crippen LogP contribution in [0.25, 0.3) is 11.1 Å². The summed E-state index contributed by atoms with van der Waals surface area (Å²) >= 11 is 9.87. The summed E-state index contributed by atoms with van der Waals surface area (Å²) in [6, 6.07) is 9.16. The zero-order valence-corrected chi connectivity index (χ0v) is 22.0. The molecule has 0 saturated heterocycles. The number of carbonyl (C=O) groups excluding carboxylic acids is 1. The van der Waals surface area contributed by atoms with Crippen LogP contribution in [0.2, 0.25) is 5.02 Å². The lowest BCUT2D eigenvalue weighted by Gasteiger charge is -2.19. The third-order valence-electron chi connectivity index (χ3n) is 5.84. The van der Waals surface area contributed by atoms with Gasteiger partial charge < -0.3 is 15.6 Å². The Morgan fingerprint density at radius 2 is 1.67 bits per heavy atom. The van der Waals surface area contributed by atoms with Crippen LogP contribution in [0.3, 0.4) is 0 Å². The number of rotatable bonds is 16. The fourth-order valence-corrected chi connectivity index (χ4v) is 5.01. The van der Waals surface area contributed by atoms with E-state index in [1.54, 1.807) is 12.1 Å². The van der Waals surface area contributed by atoms with E-state index in [1.165, 1.54) is 51.4 Å². The van der Waals surface area contributed by atoms with Crippen LogP contribution >= 0.6 is 27.5 Å². The average Bonchev–Trinajstić information content (AvgIpc) is 2.79. The smallest absolute Gasteiger partial charge is 0.249 e. The van der Waals surface area contributed by atoms with E-state index < -0.39 is 5.91 Å². The van der Waals surface area contributed by atoms with Crippen molar-refractivity contribution >= 4 is 33.4 Å². The van der Waals surface area contributed by atoms with Gasteiger partial charge in [0.25, 0.3) is 0 Å². The summed E-state index contributed by atoms with van der Waals surface area (Å²) in [5, 5.41) is 9.89. The second kappa shape index (κ2) is 15.4. The number of halogens is 2. The molecule has 0 fully saturated rings. The average molecular weight is 539 g/mol. The highest BCUT2D eigenvalue weighted by atomic mass is 79.9. The van der Waals surface area contributed by atoms with Crippen LogP contribution in [0, 0.1) is 0 Å². The van der Waals surface area contributed by atoms with Crippen molar-refractivity contribution < 1.29 is 14.6 Å². The van der Waals surface area contributed by atoms with E-state index in [0.717, 1.165) is 40.4 Å². The fraction of sp³-hybridized carbons (Fsp3) is 0.519. The first-order valence-corrected chi connectivity index (χ1v) is 13.3. The quantitative estimate of drug-likeness (QED) is 0.215. The standard InChI is InChI=1S/C27H37BrClNO3/c1-2-3-4-5-6-7-8-9-10-11-15-22-24(27(30)32)19-23(20-13-12-14-21(29)18-20)26(25(22)28)33-17-16-31/h12-14,18-19,31H,2-11,15-17H2,1H3,(H2,30,32). The number of carbonyl (C=O) groups is 1. The molecule has 0 atom stereocenters. The number of benzene rings is 2. The van der Waals surface area contributed by atoms with Gasteiger partial charge in [0.2, 0.25) is 5.91 Å². The Balaban J connectivity index is 2.11. The molecule has 0 radical (unpaired) electrons. The zero-order valence-electron chi connectivity index (χ0n) is 19.7. The number of hydrogen-bond donors (Lipinski definition) is 2. The van der Waals surface area contributed by atoms with Crippen molar-refractivity contribution in [3.05, 3.63) is 51.0 Å². The lowest BCUT2D eigenvalue weighted by atomic mass is 9.94. The molecule has 0 aliphatic carbocycles. The highest BCUT2D eigenvalue weighted by Crippen LogP contribution is 2.42. The van der Waals surface area contributed by atoms with Crippen molar-refractivity contribution in [1.29, 1.82) is 0 Å². The Morgan fingerprint density at radius 1 is 1.03 bits per heavy atom. The minimum Gasteiger partial charge on any atom is -0.489 e. The first kappa shape index (κ1) is 27.7. The maximum Gasteiger partial charge on any atom is 0.249 e. The molecule has 0 aliphatic rings. The number of nitrogens with two attached hydrogens (primary N) is 1. The Hall–Kier alpha value is -1.56. The molecule has 6 heteroatoms. The maximum atomic E-state index is 12.3. The van der Waals surface area contributed by atoms with E-state index >= 15 is 0 Å². The summed E-state index contributed by atoms with van der Waals surface area (Å²) in [6.07, 6.45) is 13.2. The SMILES string of the molecule is CCCCCCCCCCCCc1c(C(N)=O)cc(-c2cccc(Cl)c2)c(OCCO)c1Br. The molecule has 2 aromatic carbocycles. The minimum atomic E-state index is -0.463. The third kappa shape index (κ3) is 8.95. The monoisotopic (exact) mass is 537 g/mol. The van der Waals surface area contributed by atoms with Crippen LogP contribution in [0.1, 0.15) is 87.1 Å². The molecule has 0 spiro atoms. The molecule has 0 unspecified atom stereocenters. The van der Waals surface area contributed by atoms with Gasteiger partial charge in [-0.1, -0.05) is 88.4 Å². The summed E-state index contributed by atoms with van der Waals surface area (Å²) in [5.74, 6) is 0.133. The molecule has 1 amide bonds. The Labute approximate surface area is 212 Å². The van der Waals surface area contributed by atoms with E-state index in [-0.39, 0.29) is 13.2 Å². The molecule has 4 nitrogen and oxygen atoms in total. The van der Waals surface area contributed by atoms with Crippen molar-refractivity contribution in [2.45, 2.75) is 77.6 Å². The normalized spacial score (nSPS) is 11.0. The molecular formula is C27H37BrClNO3. The first-order valence-electron chi connectivity index (χ1n) is 12.1. The summed E-state index contributed by atoms with van der Waals surface area (Å²) in [4.78, 5) is 12.3. The maximum absolute atomic E-state index is 12.3. The lowest BCUT2D eigenvalue weighted by Crippen LogP contribution is -2.16. The van der Waals surface area contributed by atoms with Gasteiger partial charge in [-0.3, -0.25) is 4.79 Å². The van der Waals surface area contributed by atoms with Gasteiger partial charge in [-0.15, -0.1) is 0 Å². The summed E-state index contributed by atoms with van der Waals surface area (Å²) in [7, 11) is 0. The number of ether oxygens (including phenoxy) is 1. The number of aliphatic hydroxyl groups excluding tert-OH is 1. The van der Waals surface area contributed by atoms with E-state index in [2.05, 4.69) is 22.9 Å². The predicted octanol–water partition coefficient (Wildman–Crippen LogP) is 7.70. The molecule has 3 N–H and O–H groups in total. The Morgan fingerprint density at radius 3 is 2.24 bits per heavy atom. The van der Waals surface area contributed by atoms with Crippen LogP contribution in [0.15, 0.2) is 34.8 Å². The summed E-state index contributed by atoms with van der Waals surface area (Å²) < 4.78 is 6.61. The van der Waals surface area contributed by atoms with Crippen molar-refractivity contribution in [1.82, 2.24) is 0 Å². The number of unbranched alkanes of at least 4 members (excludes halogenated alkanes) is 9. The van der Waals surface area contributed by atoms with E-state index in [9.17, 15) is 9.90 Å². The lowest BCUT2D eigenvalue weighted by molar-refractivity contribution is 0.0999. The number of aliphatic hydroxyl groups is 1. The van der Waals surface area contributed by atoms with Crippen LogP contribution in [0.4, 0.5) is 0 Å². The highest BCUT2D eigenvalue weighted by molar-refractivity contribution is 9.10. The zero-order chi connectivity index (χ0) is 24.1. The molecule has 0 bridgehead atoms. The topological polar surface area (TPSA) is 72.6 Å². The van der Waals surface area contributed by atoms with Gasteiger partial charge >= 0.3 is 0 Å². The summed E-state index contributed by atoms with van der Waals surface area (Å²) in [5.41, 5.74) is 8.66. The van der Waals surface area contributed by atoms with Crippen molar-refractivity contribution in [3.8, 4) is 16.9 Å². The second-order valence-electron chi connectivity index (χ2n) is 8.47. The molecular weight excluding hydrogens is 502 g/mol. The Kier molecular flexibility index (Phi) is 12.9. The van der Waals surface area contributed by atoms with Crippen LogP contribution in [0.5, 0.6) is 5.75 Å². The van der Waals surface area contributed by atoms with E-state index in [0.29, 0.717) is 16.3 Å². The second-order valence-corrected chi connectivity index (χ2v) is 9.70. The largest absolute Gasteiger partial charge is 0.489 e. The molecule has 0 aliphatic heterocycles. The van der Waals surface area contributed by atoms with Crippen molar-refractivity contribution in [3.63, 3.8) is 0 Å². The number of primary amides is 1. The van der Waals surface area contributed by atoms with Gasteiger partial charge in [-0.05, 0) is 58.1 Å². The van der Waals surface area contributed by atoms with Gasteiger partial charge in [-0.25, -0.2) is 0 Å². The third-order valence-corrected chi connectivity index (χ3v) is 6.92. The molecule has 0 saturated carbocycles. The molecule has 2 rings (SSSR count).